The highest BCUT2D eigenvalue weighted by atomic mass is 35.5. The second-order valence-electron chi connectivity index (χ2n) is 5.75. The lowest BCUT2D eigenvalue weighted by Gasteiger charge is -2.15. The van der Waals surface area contributed by atoms with Gasteiger partial charge in [0.05, 0.1) is 0 Å². The standard InChI is InChI=1S/C18H22ClNO/c1-11-7-15(10-14(4)20)5-6-17(11)21-18-12(2)8-16(19)9-13(18)3/h5-9,14H,10,20H2,1-4H3. The van der Waals surface area contributed by atoms with Crippen molar-refractivity contribution in [1.82, 2.24) is 0 Å². The van der Waals surface area contributed by atoms with Crippen LogP contribution in [0.5, 0.6) is 11.5 Å². The molecule has 0 radical (unpaired) electrons. The van der Waals surface area contributed by atoms with Crippen molar-refractivity contribution in [2.45, 2.75) is 40.2 Å². The maximum atomic E-state index is 6.10. The van der Waals surface area contributed by atoms with Crippen LogP contribution in [0, 0.1) is 20.8 Å². The number of halogens is 1. The molecule has 0 aliphatic rings. The molecular formula is C18H22ClNO. The van der Waals surface area contributed by atoms with E-state index in [1.165, 1.54) is 5.56 Å². The van der Waals surface area contributed by atoms with E-state index in [-0.39, 0.29) is 6.04 Å². The number of ether oxygens (including phenoxy) is 1. The summed E-state index contributed by atoms with van der Waals surface area (Å²) in [5, 5.41) is 0.737. The molecule has 1 unspecified atom stereocenters. The van der Waals surface area contributed by atoms with Crippen molar-refractivity contribution in [3.63, 3.8) is 0 Å². The molecule has 0 fully saturated rings. The van der Waals surface area contributed by atoms with E-state index >= 15 is 0 Å². The third-order valence-corrected chi connectivity index (χ3v) is 3.65. The lowest BCUT2D eigenvalue weighted by molar-refractivity contribution is 0.471. The van der Waals surface area contributed by atoms with Crippen LogP contribution in [0.25, 0.3) is 0 Å². The molecule has 0 amide bonds. The number of hydrogen-bond donors (Lipinski definition) is 1. The Kier molecular flexibility index (Phi) is 4.92. The summed E-state index contributed by atoms with van der Waals surface area (Å²) in [6.07, 6.45) is 0.875. The summed E-state index contributed by atoms with van der Waals surface area (Å²) in [4.78, 5) is 0. The Bertz CT molecular complexity index is 627. The van der Waals surface area contributed by atoms with Crippen molar-refractivity contribution in [3.8, 4) is 11.5 Å². The summed E-state index contributed by atoms with van der Waals surface area (Å²) < 4.78 is 6.10. The third-order valence-electron chi connectivity index (χ3n) is 3.43. The van der Waals surface area contributed by atoms with E-state index in [0.717, 1.165) is 39.6 Å². The molecule has 112 valence electrons. The molecule has 0 aliphatic heterocycles. The van der Waals surface area contributed by atoms with Crippen LogP contribution in [0.4, 0.5) is 0 Å². The van der Waals surface area contributed by atoms with Gasteiger partial charge in [0.25, 0.3) is 0 Å². The number of hydrogen-bond acceptors (Lipinski definition) is 2. The lowest BCUT2D eigenvalue weighted by Crippen LogP contribution is -2.17. The van der Waals surface area contributed by atoms with E-state index in [0.29, 0.717) is 0 Å². The van der Waals surface area contributed by atoms with E-state index in [4.69, 9.17) is 22.1 Å². The minimum Gasteiger partial charge on any atom is -0.457 e. The maximum Gasteiger partial charge on any atom is 0.133 e. The van der Waals surface area contributed by atoms with Crippen LogP contribution in [-0.4, -0.2) is 6.04 Å². The van der Waals surface area contributed by atoms with E-state index in [1.807, 2.05) is 39.0 Å². The normalized spacial score (nSPS) is 12.3. The van der Waals surface area contributed by atoms with Gasteiger partial charge in [0, 0.05) is 11.1 Å². The molecule has 2 N–H and O–H groups in total. The Morgan fingerprint density at radius 1 is 1.05 bits per heavy atom. The van der Waals surface area contributed by atoms with Gasteiger partial charge in [0.15, 0.2) is 0 Å². The Labute approximate surface area is 131 Å². The third kappa shape index (κ3) is 3.99. The molecule has 0 bridgehead atoms. The zero-order valence-electron chi connectivity index (χ0n) is 13.0. The first-order valence-electron chi connectivity index (χ1n) is 7.16. The first kappa shape index (κ1) is 15.9. The number of nitrogens with two attached hydrogens (primary N) is 1. The van der Waals surface area contributed by atoms with Gasteiger partial charge in [-0.2, -0.15) is 0 Å². The van der Waals surface area contributed by atoms with Gasteiger partial charge in [-0.05, 0) is 74.6 Å². The van der Waals surface area contributed by atoms with Crippen molar-refractivity contribution in [1.29, 1.82) is 0 Å². The average molecular weight is 304 g/mol. The highest BCUT2D eigenvalue weighted by Crippen LogP contribution is 2.33. The fourth-order valence-electron chi connectivity index (χ4n) is 2.49. The summed E-state index contributed by atoms with van der Waals surface area (Å²) >= 11 is 6.06. The Hall–Kier alpha value is -1.51. The predicted molar refractivity (Wildman–Crippen MR) is 89.5 cm³/mol. The number of rotatable bonds is 4. The van der Waals surface area contributed by atoms with Crippen LogP contribution in [0.2, 0.25) is 5.02 Å². The predicted octanol–water partition coefficient (Wildman–Crippen LogP) is 4.95. The van der Waals surface area contributed by atoms with Gasteiger partial charge in [-0.1, -0.05) is 23.7 Å². The zero-order chi connectivity index (χ0) is 15.6. The van der Waals surface area contributed by atoms with E-state index in [9.17, 15) is 0 Å². The average Bonchev–Trinajstić information content (AvgIpc) is 2.35. The second-order valence-corrected chi connectivity index (χ2v) is 6.19. The highest BCUT2D eigenvalue weighted by molar-refractivity contribution is 6.30. The molecule has 2 nitrogen and oxygen atoms in total. The molecule has 0 spiro atoms. The van der Waals surface area contributed by atoms with Crippen molar-refractivity contribution in [2.24, 2.45) is 5.73 Å². The van der Waals surface area contributed by atoms with Crippen molar-refractivity contribution in [2.75, 3.05) is 0 Å². The smallest absolute Gasteiger partial charge is 0.133 e. The summed E-state index contributed by atoms with van der Waals surface area (Å²) in [5.41, 5.74) is 10.3. The molecule has 2 aromatic rings. The SMILES string of the molecule is Cc1cc(CC(C)N)ccc1Oc1c(C)cc(Cl)cc1C. The van der Waals surface area contributed by atoms with Gasteiger partial charge in [-0.3, -0.25) is 0 Å². The van der Waals surface area contributed by atoms with Gasteiger partial charge in [-0.25, -0.2) is 0 Å². The molecular weight excluding hydrogens is 282 g/mol. The molecule has 0 heterocycles. The molecule has 0 saturated heterocycles. The summed E-state index contributed by atoms with van der Waals surface area (Å²) in [7, 11) is 0. The fourth-order valence-corrected chi connectivity index (χ4v) is 2.82. The fraction of sp³-hybridized carbons (Fsp3) is 0.333. The van der Waals surface area contributed by atoms with Gasteiger partial charge >= 0.3 is 0 Å². The molecule has 21 heavy (non-hydrogen) atoms. The van der Waals surface area contributed by atoms with E-state index in [1.54, 1.807) is 0 Å². The van der Waals surface area contributed by atoms with Crippen LogP contribution in [0.3, 0.4) is 0 Å². The lowest BCUT2D eigenvalue weighted by atomic mass is 10.0. The van der Waals surface area contributed by atoms with Crippen LogP contribution in [0.15, 0.2) is 30.3 Å². The van der Waals surface area contributed by atoms with Crippen molar-refractivity contribution < 1.29 is 4.74 Å². The minimum absolute atomic E-state index is 0.164. The molecule has 3 heteroatoms. The minimum atomic E-state index is 0.164. The molecule has 2 rings (SSSR count). The van der Waals surface area contributed by atoms with Gasteiger partial charge in [0.1, 0.15) is 11.5 Å². The molecule has 0 aromatic heterocycles. The van der Waals surface area contributed by atoms with Crippen molar-refractivity contribution >= 4 is 11.6 Å². The van der Waals surface area contributed by atoms with Crippen LogP contribution < -0.4 is 10.5 Å². The van der Waals surface area contributed by atoms with Crippen LogP contribution in [0.1, 0.15) is 29.2 Å². The second kappa shape index (κ2) is 6.50. The summed E-state index contributed by atoms with van der Waals surface area (Å²) in [6, 6.07) is 10.2. The Morgan fingerprint density at radius 2 is 1.67 bits per heavy atom. The monoisotopic (exact) mass is 303 g/mol. The molecule has 2 aromatic carbocycles. The number of benzene rings is 2. The van der Waals surface area contributed by atoms with Gasteiger partial charge in [-0.15, -0.1) is 0 Å². The zero-order valence-corrected chi connectivity index (χ0v) is 13.8. The first-order valence-corrected chi connectivity index (χ1v) is 7.54. The number of aryl methyl sites for hydroxylation is 3. The quantitative estimate of drug-likeness (QED) is 0.867. The highest BCUT2D eigenvalue weighted by Gasteiger charge is 2.09. The molecule has 0 saturated carbocycles. The summed E-state index contributed by atoms with van der Waals surface area (Å²) in [5.74, 6) is 1.75. The largest absolute Gasteiger partial charge is 0.457 e. The Morgan fingerprint density at radius 3 is 2.19 bits per heavy atom. The topological polar surface area (TPSA) is 35.2 Å². The maximum absolute atomic E-state index is 6.10. The van der Waals surface area contributed by atoms with Gasteiger partial charge < -0.3 is 10.5 Å². The van der Waals surface area contributed by atoms with Crippen LogP contribution in [-0.2, 0) is 6.42 Å². The van der Waals surface area contributed by atoms with Gasteiger partial charge in [0.2, 0.25) is 0 Å². The van der Waals surface area contributed by atoms with Crippen LogP contribution >= 0.6 is 11.6 Å². The summed E-state index contributed by atoms with van der Waals surface area (Å²) in [6.45, 7) is 8.09. The van der Waals surface area contributed by atoms with E-state index < -0.39 is 0 Å². The molecule has 1 atom stereocenters. The van der Waals surface area contributed by atoms with Crippen molar-refractivity contribution in [3.05, 3.63) is 57.6 Å². The Balaban J connectivity index is 2.28. The molecule has 0 aliphatic carbocycles. The first-order chi connectivity index (χ1) is 9.86. The van der Waals surface area contributed by atoms with E-state index in [2.05, 4.69) is 19.1 Å².